The van der Waals surface area contributed by atoms with Crippen molar-refractivity contribution in [3.63, 3.8) is 0 Å². The van der Waals surface area contributed by atoms with Crippen LogP contribution < -0.4 is 4.90 Å². The summed E-state index contributed by atoms with van der Waals surface area (Å²) in [4.78, 5) is 16.0. The maximum absolute atomic E-state index is 12.8. The first-order valence-electron chi connectivity index (χ1n) is 9.66. The third kappa shape index (κ3) is 6.54. The number of benzene rings is 2. The van der Waals surface area contributed by atoms with E-state index in [2.05, 4.69) is 12.1 Å². The molecule has 0 atom stereocenters. The minimum Gasteiger partial charge on any atom is -0.330 e. The zero-order chi connectivity index (χ0) is 20.9. The van der Waals surface area contributed by atoms with Crippen LogP contribution in [0.5, 0.6) is 0 Å². The van der Waals surface area contributed by atoms with Crippen LogP contribution in [0.4, 0.5) is 0 Å². The van der Waals surface area contributed by atoms with Gasteiger partial charge in [-0.2, -0.15) is 4.31 Å². The standard InChI is InChI=1S/C21H26ClN3O3S/c1-29(27,28)25(16-19-7-9-20(22)10-8-19)17-21(26)24-13-11-23(12-14-24)15-18-5-3-2-4-6-18/h2-10H,11-17H2,1H3/p+1. The summed E-state index contributed by atoms with van der Waals surface area (Å²) < 4.78 is 25.6. The minimum atomic E-state index is -3.51. The van der Waals surface area contributed by atoms with E-state index in [1.165, 1.54) is 14.8 Å². The molecule has 2 aromatic rings. The molecule has 29 heavy (non-hydrogen) atoms. The molecule has 1 heterocycles. The lowest BCUT2D eigenvalue weighted by molar-refractivity contribution is -0.917. The van der Waals surface area contributed by atoms with E-state index in [4.69, 9.17) is 11.6 Å². The number of quaternary nitrogens is 1. The van der Waals surface area contributed by atoms with E-state index in [-0.39, 0.29) is 19.0 Å². The van der Waals surface area contributed by atoms with E-state index in [0.717, 1.165) is 31.5 Å². The van der Waals surface area contributed by atoms with Crippen LogP contribution in [-0.2, 0) is 27.9 Å². The molecule has 156 valence electrons. The van der Waals surface area contributed by atoms with Crippen molar-refractivity contribution in [2.75, 3.05) is 39.0 Å². The summed E-state index contributed by atoms with van der Waals surface area (Å²) in [5, 5.41) is 0.589. The Morgan fingerprint density at radius 3 is 2.24 bits per heavy atom. The van der Waals surface area contributed by atoms with Crippen molar-refractivity contribution in [2.45, 2.75) is 13.1 Å². The Bertz CT molecular complexity index is 912. The second kappa shape index (κ2) is 9.71. The molecule has 1 fully saturated rings. The molecule has 0 spiro atoms. The third-order valence-electron chi connectivity index (χ3n) is 5.17. The second-order valence-electron chi connectivity index (χ2n) is 7.45. The van der Waals surface area contributed by atoms with Gasteiger partial charge in [0.1, 0.15) is 6.54 Å². The Hall–Kier alpha value is -1.93. The molecule has 1 amide bonds. The Balaban J connectivity index is 1.55. The fourth-order valence-electron chi connectivity index (χ4n) is 3.47. The molecule has 8 heteroatoms. The van der Waals surface area contributed by atoms with Gasteiger partial charge in [-0.3, -0.25) is 4.79 Å². The van der Waals surface area contributed by atoms with Gasteiger partial charge >= 0.3 is 0 Å². The van der Waals surface area contributed by atoms with Crippen LogP contribution in [0.1, 0.15) is 11.1 Å². The minimum absolute atomic E-state index is 0.143. The lowest BCUT2D eigenvalue weighted by atomic mass is 10.2. The van der Waals surface area contributed by atoms with E-state index in [1.54, 1.807) is 29.2 Å². The number of hydrogen-bond acceptors (Lipinski definition) is 3. The van der Waals surface area contributed by atoms with Crippen LogP contribution in [0, 0.1) is 0 Å². The second-order valence-corrected chi connectivity index (χ2v) is 9.87. The average Bonchev–Trinajstić information content (AvgIpc) is 2.69. The highest BCUT2D eigenvalue weighted by Crippen LogP contribution is 2.13. The Labute approximate surface area is 177 Å². The number of halogens is 1. The maximum Gasteiger partial charge on any atom is 0.238 e. The smallest absolute Gasteiger partial charge is 0.238 e. The maximum atomic E-state index is 12.8. The quantitative estimate of drug-likeness (QED) is 0.705. The SMILES string of the molecule is CS(=O)(=O)N(CC(=O)N1CC[NH+](Cc2ccccc2)CC1)Cc1ccc(Cl)cc1. The molecule has 0 aliphatic carbocycles. The molecule has 6 nitrogen and oxygen atoms in total. The number of carbonyl (C=O) groups is 1. The van der Waals surface area contributed by atoms with Gasteiger partial charge < -0.3 is 9.80 Å². The third-order valence-corrected chi connectivity index (χ3v) is 6.62. The van der Waals surface area contributed by atoms with Crippen LogP contribution in [0.25, 0.3) is 0 Å². The van der Waals surface area contributed by atoms with Crippen molar-refractivity contribution in [1.82, 2.24) is 9.21 Å². The van der Waals surface area contributed by atoms with Gasteiger partial charge in [-0.15, -0.1) is 0 Å². The molecular formula is C21H27ClN3O3S+. The molecule has 1 N–H and O–H groups in total. The number of nitrogens with one attached hydrogen (secondary N) is 1. The van der Waals surface area contributed by atoms with Gasteiger partial charge in [0, 0.05) is 17.1 Å². The van der Waals surface area contributed by atoms with Crippen molar-refractivity contribution in [3.05, 3.63) is 70.7 Å². The van der Waals surface area contributed by atoms with E-state index in [1.807, 2.05) is 18.2 Å². The van der Waals surface area contributed by atoms with Gasteiger partial charge in [0.05, 0.1) is 39.0 Å². The zero-order valence-corrected chi connectivity index (χ0v) is 18.1. The average molecular weight is 437 g/mol. The van der Waals surface area contributed by atoms with Crippen molar-refractivity contribution in [2.24, 2.45) is 0 Å². The van der Waals surface area contributed by atoms with Crippen LogP contribution in [0.2, 0.25) is 5.02 Å². The summed E-state index contributed by atoms with van der Waals surface area (Å²) in [7, 11) is -3.51. The van der Waals surface area contributed by atoms with Gasteiger partial charge in [0.25, 0.3) is 0 Å². The van der Waals surface area contributed by atoms with Crippen LogP contribution in [0.15, 0.2) is 54.6 Å². The first kappa shape index (κ1) is 21.8. The van der Waals surface area contributed by atoms with Crippen LogP contribution >= 0.6 is 11.6 Å². The number of amides is 1. The molecule has 1 aliphatic heterocycles. The number of sulfonamides is 1. The monoisotopic (exact) mass is 436 g/mol. The van der Waals surface area contributed by atoms with Crippen molar-refractivity contribution in [1.29, 1.82) is 0 Å². The summed E-state index contributed by atoms with van der Waals surface area (Å²) >= 11 is 5.89. The van der Waals surface area contributed by atoms with Crippen LogP contribution in [-0.4, -0.2) is 62.5 Å². The lowest BCUT2D eigenvalue weighted by Gasteiger charge is -2.33. The van der Waals surface area contributed by atoms with Crippen molar-refractivity contribution < 1.29 is 18.1 Å². The summed E-state index contributed by atoms with van der Waals surface area (Å²) in [6.07, 6.45) is 1.14. The Morgan fingerprint density at radius 1 is 1.03 bits per heavy atom. The fourth-order valence-corrected chi connectivity index (χ4v) is 4.32. The molecule has 0 bridgehead atoms. The molecule has 2 aromatic carbocycles. The summed E-state index contributed by atoms with van der Waals surface area (Å²) in [6.45, 7) is 3.94. The van der Waals surface area contributed by atoms with E-state index < -0.39 is 10.0 Å². The molecular weight excluding hydrogens is 410 g/mol. The number of piperazine rings is 1. The highest BCUT2D eigenvalue weighted by atomic mass is 35.5. The summed E-state index contributed by atoms with van der Waals surface area (Å²) in [6, 6.07) is 17.3. The van der Waals surface area contributed by atoms with Gasteiger partial charge in [-0.1, -0.05) is 54.1 Å². The fraction of sp³-hybridized carbons (Fsp3) is 0.381. The lowest BCUT2D eigenvalue weighted by Crippen LogP contribution is -3.13. The van der Waals surface area contributed by atoms with E-state index >= 15 is 0 Å². The number of hydrogen-bond donors (Lipinski definition) is 1. The molecule has 3 rings (SSSR count). The largest absolute Gasteiger partial charge is 0.330 e. The summed E-state index contributed by atoms with van der Waals surface area (Å²) in [5.74, 6) is -0.150. The topological polar surface area (TPSA) is 62.1 Å². The summed E-state index contributed by atoms with van der Waals surface area (Å²) in [5.41, 5.74) is 2.08. The Kier molecular flexibility index (Phi) is 7.29. The highest BCUT2D eigenvalue weighted by molar-refractivity contribution is 7.88. The van der Waals surface area contributed by atoms with E-state index in [9.17, 15) is 13.2 Å². The molecule has 0 unspecified atom stereocenters. The molecule has 1 saturated heterocycles. The molecule has 0 aromatic heterocycles. The number of rotatable bonds is 7. The van der Waals surface area contributed by atoms with Gasteiger partial charge in [0.15, 0.2) is 0 Å². The predicted molar refractivity (Wildman–Crippen MR) is 114 cm³/mol. The van der Waals surface area contributed by atoms with Crippen molar-refractivity contribution in [3.8, 4) is 0 Å². The van der Waals surface area contributed by atoms with Gasteiger partial charge in [-0.25, -0.2) is 8.42 Å². The van der Waals surface area contributed by atoms with Gasteiger partial charge in [0.2, 0.25) is 15.9 Å². The normalized spacial score (nSPS) is 15.6. The first-order chi connectivity index (χ1) is 13.8. The zero-order valence-electron chi connectivity index (χ0n) is 16.6. The molecule has 0 saturated carbocycles. The highest BCUT2D eigenvalue weighted by Gasteiger charge is 2.27. The first-order valence-corrected chi connectivity index (χ1v) is 11.9. The predicted octanol–water partition coefficient (Wildman–Crippen LogP) is 1.03. The van der Waals surface area contributed by atoms with E-state index in [0.29, 0.717) is 18.1 Å². The van der Waals surface area contributed by atoms with Crippen LogP contribution in [0.3, 0.4) is 0 Å². The number of carbonyl (C=O) groups excluding carboxylic acids is 1. The molecule has 0 radical (unpaired) electrons. The van der Waals surface area contributed by atoms with Crippen molar-refractivity contribution >= 4 is 27.5 Å². The number of nitrogens with zero attached hydrogens (tertiary/aromatic N) is 2. The van der Waals surface area contributed by atoms with Gasteiger partial charge in [-0.05, 0) is 17.7 Å². The Morgan fingerprint density at radius 2 is 1.66 bits per heavy atom. The molecule has 1 aliphatic rings.